The van der Waals surface area contributed by atoms with Crippen LogP contribution in [0.1, 0.15) is 140 Å². The van der Waals surface area contributed by atoms with Crippen molar-refractivity contribution in [3.05, 3.63) is 35.4 Å². The second-order valence-electron chi connectivity index (χ2n) is 14.7. The van der Waals surface area contributed by atoms with E-state index in [0.29, 0.717) is 45.3 Å². The number of aliphatic carboxylic acids is 1. The first kappa shape index (κ1) is 41.9. The number of carbonyl (C=O) groups is 2. The van der Waals surface area contributed by atoms with E-state index >= 15 is 0 Å². The minimum atomic E-state index is -0.798. The Hall–Kier alpha value is -2.08. The molecule has 0 bridgehead atoms. The topological polar surface area (TPSA) is 119 Å². The smallest absolute Gasteiger partial charge is 0.306 e. The van der Waals surface area contributed by atoms with Crippen LogP contribution in [0.15, 0.2) is 24.3 Å². The van der Waals surface area contributed by atoms with Crippen LogP contribution in [0.2, 0.25) is 0 Å². The van der Waals surface area contributed by atoms with Gasteiger partial charge in [0.05, 0.1) is 24.4 Å². The number of unbranched alkanes of at least 4 members (excludes halogenated alkanes) is 2. The highest BCUT2D eigenvalue weighted by Crippen LogP contribution is 2.37. The number of carboxylic acids is 1. The average molecular weight is 629 g/mol. The van der Waals surface area contributed by atoms with Crippen molar-refractivity contribution >= 4 is 11.9 Å². The largest absolute Gasteiger partial charge is 0.481 e. The Kier molecular flexibility index (Phi) is 17.9. The van der Waals surface area contributed by atoms with Gasteiger partial charge in [-0.2, -0.15) is 0 Å². The molecule has 0 atom stereocenters. The monoisotopic (exact) mass is 628 g/mol. The van der Waals surface area contributed by atoms with E-state index in [0.717, 1.165) is 11.1 Å². The number of benzene rings is 1. The van der Waals surface area contributed by atoms with Crippen molar-refractivity contribution in [3.63, 3.8) is 0 Å². The van der Waals surface area contributed by atoms with E-state index in [2.05, 4.69) is 0 Å². The lowest BCUT2D eigenvalue weighted by atomic mass is 9.85. The predicted octanol–water partition coefficient (Wildman–Crippen LogP) is 8.35. The fourth-order valence-electron chi connectivity index (χ4n) is 3.46. The van der Waals surface area contributed by atoms with E-state index in [9.17, 15) is 9.59 Å². The summed E-state index contributed by atoms with van der Waals surface area (Å²) in [4.78, 5) is 54.1. The number of hydrogen-bond donors (Lipinski definition) is 1. The van der Waals surface area contributed by atoms with Gasteiger partial charge in [-0.1, -0.05) is 24.3 Å². The van der Waals surface area contributed by atoms with Crippen LogP contribution < -0.4 is 0 Å². The Morgan fingerprint density at radius 1 is 0.568 bits per heavy atom. The number of carbonyl (C=O) groups excluding carboxylic acids is 1. The normalized spacial score (nSPS) is 12.8. The molecule has 0 aliphatic heterocycles. The molecule has 1 N–H and O–H groups in total. The third-order valence-electron chi connectivity index (χ3n) is 5.45. The first-order chi connectivity index (χ1) is 20.0. The van der Waals surface area contributed by atoms with Gasteiger partial charge in [0.2, 0.25) is 0 Å². The molecule has 0 unspecified atom stereocenters. The molecule has 1 aromatic rings. The van der Waals surface area contributed by atoms with Crippen molar-refractivity contribution in [1.29, 1.82) is 0 Å². The number of rotatable bonds is 17. The van der Waals surface area contributed by atoms with Crippen LogP contribution in [-0.4, -0.2) is 47.1 Å². The summed E-state index contributed by atoms with van der Waals surface area (Å²) in [7, 11) is 0. The van der Waals surface area contributed by atoms with Gasteiger partial charge in [0, 0.05) is 12.8 Å². The minimum Gasteiger partial charge on any atom is -0.481 e. The maximum absolute atomic E-state index is 11.4. The van der Waals surface area contributed by atoms with Crippen LogP contribution in [-0.2, 0) is 54.9 Å². The fraction of sp³-hybridized carbons (Fsp3) is 0.765. The van der Waals surface area contributed by atoms with Crippen molar-refractivity contribution in [2.24, 2.45) is 0 Å². The molecule has 0 aliphatic carbocycles. The zero-order valence-corrected chi connectivity index (χ0v) is 29.6. The van der Waals surface area contributed by atoms with Crippen molar-refractivity contribution in [2.75, 3.05) is 13.2 Å². The van der Waals surface area contributed by atoms with Gasteiger partial charge in [0.15, 0.2) is 0 Å². The average Bonchev–Trinajstić information content (AvgIpc) is 2.86. The summed E-state index contributed by atoms with van der Waals surface area (Å²) in [6.45, 7) is 26.0. The molecule has 0 amide bonds. The van der Waals surface area contributed by atoms with Crippen LogP contribution in [0.25, 0.3) is 0 Å². The summed E-state index contributed by atoms with van der Waals surface area (Å²) in [5.74, 6) is -1.000. The Morgan fingerprint density at radius 3 is 1.30 bits per heavy atom. The summed E-state index contributed by atoms with van der Waals surface area (Å²) in [5.41, 5.74) is -0.472. The van der Waals surface area contributed by atoms with Crippen molar-refractivity contribution in [2.45, 2.75) is 157 Å². The molecular formula is C34H60O10. The third-order valence-corrected chi connectivity index (χ3v) is 5.45. The highest BCUT2D eigenvalue weighted by molar-refractivity contribution is 5.69. The van der Waals surface area contributed by atoms with Crippen LogP contribution in [0, 0.1) is 0 Å². The highest BCUT2D eigenvalue weighted by Gasteiger charge is 2.35. The van der Waals surface area contributed by atoms with Crippen LogP contribution in [0.3, 0.4) is 0 Å². The Balaban J connectivity index is 0.000000856. The molecule has 0 radical (unpaired) electrons. The molecule has 0 aromatic heterocycles. The first-order valence-electron chi connectivity index (χ1n) is 15.5. The van der Waals surface area contributed by atoms with E-state index in [-0.39, 0.29) is 23.6 Å². The second kappa shape index (κ2) is 18.8. The molecule has 256 valence electrons. The maximum atomic E-state index is 11.4. The van der Waals surface area contributed by atoms with Crippen molar-refractivity contribution < 1.29 is 48.8 Å². The van der Waals surface area contributed by atoms with E-state index in [4.69, 9.17) is 39.2 Å². The van der Waals surface area contributed by atoms with Gasteiger partial charge < -0.3 is 9.84 Å². The standard InChI is InChI=1S/C20H34O4.C14H26O6/c1-17(2,3)21-23-19(7,8)15-13-11-12-14-16(15)20(9,10)24-22-18(4,5)6;1-14(2,3)20-13(17)9-5-7-11-19-18-10-6-4-8-12(15)16/h11-14H,1-10H3;4-11H2,1-3H3,(H,15,16). The first-order valence-corrected chi connectivity index (χ1v) is 15.5. The molecule has 0 spiro atoms. The van der Waals surface area contributed by atoms with Gasteiger partial charge in [-0.3, -0.25) is 9.59 Å². The Morgan fingerprint density at radius 2 is 0.955 bits per heavy atom. The molecule has 44 heavy (non-hydrogen) atoms. The van der Waals surface area contributed by atoms with Gasteiger partial charge in [0.1, 0.15) is 16.8 Å². The Bertz CT molecular complexity index is 916. The van der Waals surface area contributed by atoms with Crippen molar-refractivity contribution in [3.8, 4) is 0 Å². The molecule has 0 heterocycles. The van der Waals surface area contributed by atoms with Crippen LogP contribution >= 0.6 is 0 Å². The molecule has 0 saturated heterocycles. The van der Waals surface area contributed by atoms with E-state index < -0.39 is 22.8 Å². The maximum Gasteiger partial charge on any atom is 0.306 e. The van der Waals surface area contributed by atoms with Crippen LogP contribution in [0.5, 0.6) is 0 Å². The van der Waals surface area contributed by atoms with Gasteiger partial charge in [0.25, 0.3) is 0 Å². The van der Waals surface area contributed by atoms with Gasteiger partial charge in [-0.05, 0) is 127 Å². The van der Waals surface area contributed by atoms with Gasteiger partial charge in [-0.15, -0.1) is 0 Å². The SMILES string of the molecule is CC(C)(C)OC(=O)CCCCOOCCCCC(=O)O.CC(C)(C)OOC(C)(C)c1ccccc1C(C)(C)OOC(C)(C)C. The second-order valence-corrected chi connectivity index (χ2v) is 14.7. The molecule has 0 aliphatic rings. The fourth-order valence-corrected chi connectivity index (χ4v) is 3.46. The molecule has 10 heteroatoms. The molecule has 10 nitrogen and oxygen atoms in total. The summed E-state index contributed by atoms with van der Waals surface area (Å²) in [6, 6.07) is 8.04. The molecule has 0 saturated carbocycles. The molecule has 0 fully saturated rings. The molecule has 1 aromatic carbocycles. The minimum absolute atomic E-state index is 0.152. The lowest BCUT2D eigenvalue weighted by Crippen LogP contribution is -2.34. The summed E-state index contributed by atoms with van der Waals surface area (Å²) in [6.07, 6.45) is 3.17. The zero-order valence-electron chi connectivity index (χ0n) is 29.6. The van der Waals surface area contributed by atoms with Crippen LogP contribution in [0.4, 0.5) is 0 Å². The number of esters is 1. The molecular weight excluding hydrogens is 568 g/mol. The highest BCUT2D eigenvalue weighted by atomic mass is 17.2. The van der Waals surface area contributed by atoms with E-state index in [1.165, 1.54) is 0 Å². The van der Waals surface area contributed by atoms with Crippen molar-refractivity contribution in [1.82, 2.24) is 0 Å². The quantitative estimate of drug-likeness (QED) is 0.0780. The number of ether oxygens (including phenoxy) is 1. The molecule has 1 rings (SSSR count). The number of carboxylic acid groups (broad SMARTS) is 1. The predicted molar refractivity (Wildman–Crippen MR) is 169 cm³/mol. The zero-order chi connectivity index (χ0) is 34.2. The van der Waals surface area contributed by atoms with Gasteiger partial charge in [-0.25, -0.2) is 29.3 Å². The van der Waals surface area contributed by atoms with Gasteiger partial charge >= 0.3 is 11.9 Å². The third kappa shape index (κ3) is 21.6. The lowest BCUT2D eigenvalue weighted by Gasteiger charge is -2.35. The van der Waals surface area contributed by atoms with E-state index in [1.54, 1.807) is 0 Å². The lowest BCUT2D eigenvalue weighted by molar-refractivity contribution is -0.407. The number of hydrogen-bond acceptors (Lipinski definition) is 9. The summed E-state index contributed by atoms with van der Waals surface area (Å²) in [5, 5.41) is 8.42. The summed E-state index contributed by atoms with van der Waals surface area (Å²) < 4.78 is 5.17. The van der Waals surface area contributed by atoms with E-state index in [1.807, 2.05) is 114 Å². The Labute approximate surface area is 265 Å². The summed E-state index contributed by atoms with van der Waals surface area (Å²) >= 11 is 0.